The molecule has 0 aromatic heterocycles. The lowest BCUT2D eigenvalue weighted by Crippen LogP contribution is -2.35. The third kappa shape index (κ3) is 3.55. The summed E-state index contributed by atoms with van der Waals surface area (Å²) >= 11 is 2.05. The van der Waals surface area contributed by atoms with E-state index in [2.05, 4.69) is 45.8 Å². The van der Waals surface area contributed by atoms with Crippen LogP contribution in [0.3, 0.4) is 0 Å². The molecule has 0 amide bonds. The van der Waals surface area contributed by atoms with E-state index in [1.807, 2.05) is 0 Å². The molecule has 1 N–H and O–H groups in total. The molecule has 2 heterocycles. The number of hydrogen-bond donors (Lipinski definition) is 1. The van der Waals surface area contributed by atoms with Crippen molar-refractivity contribution >= 4 is 11.8 Å². The lowest BCUT2D eigenvalue weighted by Gasteiger charge is -2.23. The van der Waals surface area contributed by atoms with Gasteiger partial charge in [0.2, 0.25) is 0 Å². The van der Waals surface area contributed by atoms with Crippen LogP contribution in [0.25, 0.3) is 0 Å². The van der Waals surface area contributed by atoms with Crippen molar-refractivity contribution in [1.29, 1.82) is 0 Å². The second kappa shape index (κ2) is 6.94. The predicted octanol–water partition coefficient (Wildman–Crippen LogP) is 1.70. The minimum absolute atomic E-state index is 0.286. The fourth-order valence-electron chi connectivity index (χ4n) is 3.22. The number of thioether (sulfide) groups is 1. The second-order valence-corrected chi connectivity index (χ2v) is 7.11. The van der Waals surface area contributed by atoms with Crippen LogP contribution in [0.15, 0.2) is 29.2 Å². The third-order valence-electron chi connectivity index (χ3n) is 4.27. The average Bonchev–Trinajstić information content (AvgIpc) is 2.73. The monoisotopic (exact) mass is 292 g/mol. The van der Waals surface area contributed by atoms with Crippen LogP contribution in [-0.2, 0) is 6.42 Å². The molecule has 4 heteroatoms. The molecule has 1 fully saturated rings. The van der Waals surface area contributed by atoms with Crippen LogP contribution < -0.4 is 0 Å². The molecule has 3 nitrogen and oxygen atoms in total. The summed E-state index contributed by atoms with van der Waals surface area (Å²) in [6, 6.07) is 8.83. The van der Waals surface area contributed by atoms with Crippen LogP contribution in [0.5, 0.6) is 0 Å². The van der Waals surface area contributed by atoms with Gasteiger partial charge in [0.15, 0.2) is 0 Å². The van der Waals surface area contributed by atoms with Gasteiger partial charge in [0.25, 0.3) is 0 Å². The average molecular weight is 292 g/mol. The Morgan fingerprint density at radius 3 is 2.75 bits per heavy atom. The highest BCUT2D eigenvalue weighted by Crippen LogP contribution is 2.37. The molecule has 2 aliphatic rings. The summed E-state index contributed by atoms with van der Waals surface area (Å²) in [5.41, 5.74) is 1.53. The van der Waals surface area contributed by atoms with Gasteiger partial charge in [-0.3, -0.25) is 4.90 Å². The van der Waals surface area contributed by atoms with Gasteiger partial charge in [-0.1, -0.05) is 18.2 Å². The van der Waals surface area contributed by atoms with E-state index in [-0.39, 0.29) is 6.61 Å². The number of β-amino-alcohol motifs (C(OH)–C–C–N with tert-alkyl or cyclic N) is 1. The largest absolute Gasteiger partial charge is 0.395 e. The number of fused-ring (bicyclic) bond motifs is 1. The molecule has 110 valence electrons. The van der Waals surface area contributed by atoms with Crippen molar-refractivity contribution in [3.63, 3.8) is 0 Å². The Morgan fingerprint density at radius 1 is 1.10 bits per heavy atom. The van der Waals surface area contributed by atoms with E-state index < -0.39 is 0 Å². The van der Waals surface area contributed by atoms with Gasteiger partial charge >= 0.3 is 0 Å². The molecular weight excluding hydrogens is 268 g/mol. The lowest BCUT2D eigenvalue weighted by atomic mass is 10.1. The Morgan fingerprint density at radius 2 is 1.90 bits per heavy atom. The van der Waals surface area contributed by atoms with Crippen molar-refractivity contribution in [2.75, 3.05) is 45.9 Å². The first-order valence-electron chi connectivity index (χ1n) is 7.65. The van der Waals surface area contributed by atoms with Crippen LogP contribution in [0, 0.1) is 0 Å². The summed E-state index contributed by atoms with van der Waals surface area (Å²) in [5.74, 6) is 0. The van der Waals surface area contributed by atoms with Gasteiger partial charge in [-0.05, 0) is 37.6 Å². The SMILES string of the molecule is OCCN1CCCN(CC2Cc3ccccc3S2)CC1. The van der Waals surface area contributed by atoms with Gasteiger partial charge in [-0.15, -0.1) is 11.8 Å². The summed E-state index contributed by atoms with van der Waals surface area (Å²) in [6.45, 7) is 6.90. The normalized spacial score (nSPS) is 24.6. The quantitative estimate of drug-likeness (QED) is 0.914. The zero-order valence-corrected chi connectivity index (χ0v) is 12.8. The minimum Gasteiger partial charge on any atom is -0.395 e. The van der Waals surface area contributed by atoms with Crippen LogP contribution in [0.2, 0.25) is 0 Å². The molecule has 0 bridgehead atoms. The highest BCUT2D eigenvalue weighted by molar-refractivity contribution is 8.00. The van der Waals surface area contributed by atoms with Crippen LogP contribution in [0.1, 0.15) is 12.0 Å². The van der Waals surface area contributed by atoms with E-state index in [0.717, 1.165) is 31.4 Å². The molecule has 2 aliphatic heterocycles. The molecule has 20 heavy (non-hydrogen) atoms. The Labute approximate surface area is 126 Å². The molecule has 0 saturated carbocycles. The second-order valence-electron chi connectivity index (χ2n) is 5.77. The standard InChI is InChI=1S/C16H24N2OS/c19-11-10-17-6-3-7-18(9-8-17)13-15-12-14-4-1-2-5-16(14)20-15/h1-2,4-5,15,19H,3,6-13H2. The maximum atomic E-state index is 9.05. The summed E-state index contributed by atoms with van der Waals surface area (Å²) < 4.78 is 0. The first-order chi connectivity index (χ1) is 9.85. The molecule has 1 saturated heterocycles. The molecule has 0 aliphatic carbocycles. The fraction of sp³-hybridized carbons (Fsp3) is 0.625. The Hall–Kier alpha value is -0.550. The zero-order valence-electron chi connectivity index (χ0n) is 12.0. The summed E-state index contributed by atoms with van der Waals surface area (Å²) in [5, 5.41) is 9.77. The maximum absolute atomic E-state index is 9.05. The summed E-state index contributed by atoms with van der Waals surface area (Å²) in [6.07, 6.45) is 2.45. The molecule has 3 rings (SSSR count). The van der Waals surface area contributed by atoms with Gasteiger partial charge < -0.3 is 10.0 Å². The number of benzene rings is 1. The summed E-state index contributed by atoms with van der Waals surface area (Å²) in [7, 11) is 0. The van der Waals surface area contributed by atoms with E-state index in [1.165, 1.54) is 36.4 Å². The number of aliphatic hydroxyl groups excluding tert-OH is 1. The minimum atomic E-state index is 0.286. The summed E-state index contributed by atoms with van der Waals surface area (Å²) in [4.78, 5) is 6.48. The molecular formula is C16H24N2OS. The topological polar surface area (TPSA) is 26.7 Å². The lowest BCUT2D eigenvalue weighted by molar-refractivity contribution is 0.197. The Kier molecular flexibility index (Phi) is 4.99. The van der Waals surface area contributed by atoms with E-state index in [1.54, 1.807) is 0 Å². The fourth-order valence-corrected chi connectivity index (χ4v) is 4.58. The molecule has 0 radical (unpaired) electrons. The van der Waals surface area contributed by atoms with E-state index >= 15 is 0 Å². The highest BCUT2D eigenvalue weighted by atomic mass is 32.2. The third-order valence-corrected chi connectivity index (χ3v) is 5.57. The van der Waals surface area contributed by atoms with Crippen molar-refractivity contribution in [3.05, 3.63) is 29.8 Å². The van der Waals surface area contributed by atoms with Crippen molar-refractivity contribution in [3.8, 4) is 0 Å². The first kappa shape index (κ1) is 14.4. The number of rotatable bonds is 4. The maximum Gasteiger partial charge on any atom is 0.0558 e. The van der Waals surface area contributed by atoms with E-state index in [4.69, 9.17) is 5.11 Å². The Bertz CT molecular complexity index is 415. The van der Waals surface area contributed by atoms with Gasteiger partial charge in [0.05, 0.1) is 6.61 Å². The molecule has 1 aromatic carbocycles. The van der Waals surface area contributed by atoms with Crippen LogP contribution >= 0.6 is 11.8 Å². The number of nitrogens with zero attached hydrogens (tertiary/aromatic N) is 2. The van der Waals surface area contributed by atoms with Crippen molar-refractivity contribution in [2.24, 2.45) is 0 Å². The van der Waals surface area contributed by atoms with Crippen LogP contribution in [-0.4, -0.2) is 66.0 Å². The first-order valence-corrected chi connectivity index (χ1v) is 8.53. The molecule has 1 atom stereocenters. The smallest absolute Gasteiger partial charge is 0.0558 e. The van der Waals surface area contributed by atoms with Gasteiger partial charge in [-0.2, -0.15) is 0 Å². The number of hydrogen-bond acceptors (Lipinski definition) is 4. The van der Waals surface area contributed by atoms with E-state index in [9.17, 15) is 0 Å². The van der Waals surface area contributed by atoms with Crippen LogP contribution in [0.4, 0.5) is 0 Å². The molecule has 1 aromatic rings. The van der Waals surface area contributed by atoms with Crippen molar-refractivity contribution in [1.82, 2.24) is 9.80 Å². The zero-order chi connectivity index (χ0) is 13.8. The highest BCUT2D eigenvalue weighted by Gasteiger charge is 2.24. The molecule has 0 spiro atoms. The van der Waals surface area contributed by atoms with Gasteiger partial charge in [0, 0.05) is 36.3 Å². The number of aliphatic hydroxyl groups is 1. The van der Waals surface area contributed by atoms with Gasteiger partial charge in [-0.25, -0.2) is 0 Å². The predicted molar refractivity (Wildman–Crippen MR) is 84.4 cm³/mol. The Balaban J connectivity index is 1.50. The van der Waals surface area contributed by atoms with Crippen molar-refractivity contribution < 1.29 is 5.11 Å². The molecule has 1 unspecified atom stereocenters. The van der Waals surface area contributed by atoms with E-state index in [0.29, 0.717) is 0 Å². The van der Waals surface area contributed by atoms with Crippen molar-refractivity contribution in [2.45, 2.75) is 23.0 Å². The van der Waals surface area contributed by atoms with Gasteiger partial charge in [0.1, 0.15) is 0 Å².